The van der Waals surface area contributed by atoms with E-state index in [-0.39, 0.29) is 0 Å². The lowest BCUT2D eigenvalue weighted by molar-refractivity contribution is 0.315. The summed E-state index contributed by atoms with van der Waals surface area (Å²) in [7, 11) is 4.28. The zero-order valence-corrected chi connectivity index (χ0v) is 10.7. The highest BCUT2D eigenvalue weighted by Crippen LogP contribution is 2.21. The Morgan fingerprint density at radius 3 is 2.87 bits per heavy atom. The Morgan fingerprint density at radius 1 is 1.47 bits per heavy atom. The van der Waals surface area contributed by atoms with E-state index in [1.807, 2.05) is 12.1 Å². The highest BCUT2D eigenvalue weighted by molar-refractivity contribution is 9.10. The van der Waals surface area contributed by atoms with Crippen molar-refractivity contribution in [3.63, 3.8) is 0 Å². The van der Waals surface area contributed by atoms with E-state index >= 15 is 0 Å². The molecule has 15 heavy (non-hydrogen) atoms. The zero-order valence-electron chi connectivity index (χ0n) is 9.15. The molecule has 0 aliphatic carbocycles. The Balaban J connectivity index is 2.08. The van der Waals surface area contributed by atoms with Gasteiger partial charge in [-0.05, 0) is 48.6 Å². The summed E-state index contributed by atoms with van der Waals surface area (Å²) in [6.45, 7) is 2.18. The van der Waals surface area contributed by atoms with Crippen molar-refractivity contribution in [3.05, 3.63) is 22.8 Å². The third-order valence-electron chi connectivity index (χ3n) is 2.92. The molecule has 1 aliphatic heterocycles. The van der Waals surface area contributed by atoms with Gasteiger partial charge in [-0.15, -0.1) is 0 Å². The average molecular weight is 270 g/mol. The number of aromatic nitrogens is 1. The Morgan fingerprint density at radius 2 is 2.27 bits per heavy atom. The largest absolute Gasteiger partial charge is 0.355 e. The molecule has 2 heterocycles. The fourth-order valence-corrected chi connectivity index (χ4v) is 2.28. The molecular weight excluding hydrogens is 254 g/mol. The van der Waals surface area contributed by atoms with Crippen molar-refractivity contribution >= 4 is 21.7 Å². The van der Waals surface area contributed by atoms with Crippen LogP contribution in [0.4, 0.5) is 5.82 Å². The molecule has 0 N–H and O–H groups in total. The van der Waals surface area contributed by atoms with Crippen molar-refractivity contribution in [2.75, 3.05) is 32.1 Å². The van der Waals surface area contributed by atoms with Crippen molar-refractivity contribution in [2.24, 2.45) is 0 Å². The first-order valence-electron chi connectivity index (χ1n) is 5.21. The molecule has 1 aromatic heterocycles. The molecule has 1 fully saturated rings. The molecule has 82 valence electrons. The molecule has 4 heteroatoms. The second-order valence-electron chi connectivity index (χ2n) is 4.17. The average Bonchev–Trinajstić information content (AvgIpc) is 2.66. The number of nitrogens with zero attached hydrogens (tertiary/aromatic N) is 3. The van der Waals surface area contributed by atoms with Gasteiger partial charge in [-0.2, -0.15) is 0 Å². The predicted molar refractivity (Wildman–Crippen MR) is 66.2 cm³/mol. The van der Waals surface area contributed by atoms with Crippen LogP contribution in [0.25, 0.3) is 0 Å². The lowest BCUT2D eigenvalue weighted by Gasteiger charge is -2.21. The maximum absolute atomic E-state index is 4.47. The topological polar surface area (TPSA) is 19.4 Å². The third kappa shape index (κ3) is 2.49. The van der Waals surface area contributed by atoms with Crippen LogP contribution in [0, 0.1) is 0 Å². The summed E-state index contributed by atoms with van der Waals surface area (Å²) < 4.78 is 0.910. The first-order valence-corrected chi connectivity index (χ1v) is 6.00. The number of anilines is 1. The number of hydrogen-bond acceptors (Lipinski definition) is 3. The van der Waals surface area contributed by atoms with Crippen LogP contribution >= 0.6 is 15.9 Å². The molecule has 3 nitrogen and oxygen atoms in total. The first kappa shape index (κ1) is 10.9. The molecule has 0 amide bonds. The molecule has 1 aromatic rings. The summed E-state index contributed by atoms with van der Waals surface area (Å²) in [4.78, 5) is 9.11. The summed E-state index contributed by atoms with van der Waals surface area (Å²) in [5, 5.41) is 0. The second kappa shape index (κ2) is 4.49. The molecule has 1 unspecified atom stereocenters. The summed E-state index contributed by atoms with van der Waals surface area (Å²) >= 11 is 3.41. The lowest BCUT2D eigenvalue weighted by atomic mass is 10.2. The number of hydrogen-bond donors (Lipinski definition) is 0. The van der Waals surface area contributed by atoms with Crippen molar-refractivity contribution in [3.8, 4) is 0 Å². The molecule has 0 radical (unpaired) electrons. The lowest BCUT2D eigenvalue weighted by Crippen LogP contribution is -2.31. The number of likely N-dealkylation sites (N-methyl/N-ethyl adjacent to an activating group) is 1. The van der Waals surface area contributed by atoms with Crippen LogP contribution in [0.2, 0.25) is 0 Å². The summed E-state index contributed by atoms with van der Waals surface area (Å²) in [5.74, 6) is 1.08. The first-order chi connectivity index (χ1) is 7.16. The van der Waals surface area contributed by atoms with E-state index in [0.29, 0.717) is 6.04 Å². The van der Waals surface area contributed by atoms with Crippen LogP contribution in [0.1, 0.15) is 6.42 Å². The minimum atomic E-state index is 0.658. The van der Waals surface area contributed by atoms with E-state index in [1.54, 1.807) is 0 Å². The van der Waals surface area contributed by atoms with E-state index < -0.39 is 0 Å². The van der Waals surface area contributed by atoms with E-state index in [0.717, 1.165) is 23.5 Å². The van der Waals surface area contributed by atoms with Crippen LogP contribution in [-0.4, -0.2) is 43.1 Å². The van der Waals surface area contributed by atoms with Gasteiger partial charge >= 0.3 is 0 Å². The Hall–Kier alpha value is -0.610. The maximum Gasteiger partial charge on any atom is 0.129 e. The normalized spacial score (nSPS) is 21.3. The van der Waals surface area contributed by atoms with Gasteiger partial charge in [0.2, 0.25) is 0 Å². The smallest absolute Gasteiger partial charge is 0.129 e. The predicted octanol–water partition coefficient (Wildman–Crippen LogP) is 1.98. The highest BCUT2D eigenvalue weighted by atomic mass is 79.9. The Bertz CT molecular complexity index is 340. The van der Waals surface area contributed by atoms with E-state index in [4.69, 9.17) is 0 Å². The third-order valence-corrected chi connectivity index (χ3v) is 3.36. The number of halogens is 1. The van der Waals surface area contributed by atoms with Gasteiger partial charge in [0.05, 0.1) is 0 Å². The Labute approximate surface area is 99.2 Å². The quantitative estimate of drug-likeness (QED) is 0.766. The van der Waals surface area contributed by atoms with Crippen molar-refractivity contribution < 1.29 is 0 Å². The summed E-state index contributed by atoms with van der Waals surface area (Å²) in [5.41, 5.74) is 0. The van der Waals surface area contributed by atoms with Crippen LogP contribution in [0.5, 0.6) is 0 Å². The van der Waals surface area contributed by atoms with E-state index in [9.17, 15) is 0 Å². The van der Waals surface area contributed by atoms with Gasteiger partial charge in [-0.25, -0.2) is 4.98 Å². The number of rotatable bonds is 2. The maximum atomic E-state index is 4.47. The van der Waals surface area contributed by atoms with Crippen molar-refractivity contribution in [2.45, 2.75) is 12.5 Å². The van der Waals surface area contributed by atoms with E-state index in [1.165, 1.54) is 6.42 Å². The van der Waals surface area contributed by atoms with Crippen LogP contribution in [0.15, 0.2) is 22.8 Å². The molecule has 0 aromatic carbocycles. The van der Waals surface area contributed by atoms with Gasteiger partial charge in [-0.1, -0.05) is 6.07 Å². The summed E-state index contributed by atoms with van der Waals surface area (Å²) in [6, 6.07) is 6.73. The Kier molecular flexibility index (Phi) is 3.26. The SMILES string of the molecule is CN(C)C1CCN(c2cccc(Br)n2)C1. The van der Waals surface area contributed by atoms with Gasteiger partial charge in [0.25, 0.3) is 0 Å². The summed E-state index contributed by atoms with van der Waals surface area (Å²) in [6.07, 6.45) is 1.22. The van der Waals surface area contributed by atoms with Crippen LogP contribution in [0.3, 0.4) is 0 Å². The van der Waals surface area contributed by atoms with Crippen molar-refractivity contribution in [1.82, 2.24) is 9.88 Å². The standard InChI is InChI=1S/C11H16BrN3/c1-14(2)9-6-7-15(8-9)11-5-3-4-10(12)13-11/h3-5,9H,6-8H2,1-2H3. The van der Waals surface area contributed by atoms with Gasteiger partial charge in [0, 0.05) is 19.1 Å². The molecule has 1 aliphatic rings. The minimum absolute atomic E-state index is 0.658. The molecule has 0 bridgehead atoms. The molecule has 0 saturated carbocycles. The van der Waals surface area contributed by atoms with Crippen molar-refractivity contribution in [1.29, 1.82) is 0 Å². The van der Waals surface area contributed by atoms with Crippen LogP contribution in [-0.2, 0) is 0 Å². The number of pyridine rings is 1. The zero-order chi connectivity index (χ0) is 10.8. The molecular formula is C11H16BrN3. The molecule has 1 saturated heterocycles. The van der Waals surface area contributed by atoms with E-state index in [2.05, 4.69) is 50.9 Å². The monoisotopic (exact) mass is 269 g/mol. The molecule has 1 atom stereocenters. The van der Waals surface area contributed by atoms with Gasteiger partial charge in [0.1, 0.15) is 10.4 Å². The second-order valence-corrected chi connectivity index (χ2v) is 4.98. The molecule has 2 rings (SSSR count). The highest BCUT2D eigenvalue weighted by Gasteiger charge is 2.24. The van der Waals surface area contributed by atoms with Gasteiger partial charge in [-0.3, -0.25) is 0 Å². The fourth-order valence-electron chi connectivity index (χ4n) is 1.95. The fraction of sp³-hybridized carbons (Fsp3) is 0.545. The molecule has 0 spiro atoms. The minimum Gasteiger partial charge on any atom is -0.355 e. The van der Waals surface area contributed by atoms with Gasteiger partial charge < -0.3 is 9.80 Å². The van der Waals surface area contributed by atoms with Gasteiger partial charge in [0.15, 0.2) is 0 Å². The van der Waals surface area contributed by atoms with Crippen LogP contribution < -0.4 is 4.90 Å².